The number of carbonyl (C=O) groups excluding carboxylic acids is 1. The fourth-order valence-corrected chi connectivity index (χ4v) is 3.53. The third-order valence-corrected chi connectivity index (χ3v) is 5.24. The molecule has 0 N–H and O–H groups in total. The Kier molecular flexibility index (Phi) is 5.43. The van der Waals surface area contributed by atoms with E-state index in [1.165, 1.54) is 18.0 Å². The Bertz CT molecular complexity index is 1510. The molecule has 34 heavy (non-hydrogen) atoms. The van der Waals surface area contributed by atoms with Crippen molar-refractivity contribution in [2.75, 3.05) is 13.9 Å². The Labute approximate surface area is 193 Å². The molecule has 1 aromatic heterocycles. The van der Waals surface area contributed by atoms with Crippen LogP contribution < -0.4 is 24.5 Å². The molecule has 1 aliphatic rings. The summed E-state index contributed by atoms with van der Waals surface area (Å²) >= 11 is 0. The zero-order valence-electron chi connectivity index (χ0n) is 18.3. The minimum Gasteiger partial charge on any atom is -0.493 e. The van der Waals surface area contributed by atoms with Gasteiger partial charge in [0.25, 0.3) is 5.56 Å². The summed E-state index contributed by atoms with van der Waals surface area (Å²) < 4.78 is 22.7. The van der Waals surface area contributed by atoms with Crippen LogP contribution in [0, 0.1) is 6.92 Å². The Morgan fingerprint density at radius 2 is 1.88 bits per heavy atom. The molecule has 0 radical (unpaired) electrons. The van der Waals surface area contributed by atoms with Gasteiger partial charge in [0.2, 0.25) is 6.79 Å². The molecule has 3 aromatic carbocycles. The number of esters is 1. The van der Waals surface area contributed by atoms with Crippen molar-refractivity contribution in [1.29, 1.82) is 0 Å². The van der Waals surface area contributed by atoms with Crippen molar-refractivity contribution >= 4 is 23.1 Å². The van der Waals surface area contributed by atoms with E-state index in [4.69, 9.17) is 18.9 Å². The van der Waals surface area contributed by atoms with Crippen LogP contribution in [-0.4, -0.2) is 35.7 Å². The number of rotatable bonds is 5. The van der Waals surface area contributed by atoms with Crippen molar-refractivity contribution in [2.24, 2.45) is 5.10 Å². The van der Waals surface area contributed by atoms with Gasteiger partial charge in [0.05, 0.1) is 29.8 Å². The van der Waals surface area contributed by atoms with Crippen LogP contribution in [0.25, 0.3) is 10.9 Å². The van der Waals surface area contributed by atoms with Gasteiger partial charge >= 0.3 is 5.97 Å². The van der Waals surface area contributed by atoms with Gasteiger partial charge in [0.1, 0.15) is 5.82 Å². The highest BCUT2D eigenvalue weighted by molar-refractivity contribution is 5.92. The molecule has 9 heteroatoms. The molecule has 9 nitrogen and oxygen atoms in total. The van der Waals surface area contributed by atoms with E-state index in [-0.39, 0.29) is 18.1 Å². The molecule has 0 spiro atoms. The maximum absolute atomic E-state index is 12.8. The van der Waals surface area contributed by atoms with E-state index in [2.05, 4.69) is 10.1 Å². The number of para-hydroxylation sites is 1. The summed E-state index contributed by atoms with van der Waals surface area (Å²) in [6.07, 6.45) is 1.51. The highest BCUT2D eigenvalue weighted by Crippen LogP contribution is 2.33. The summed E-state index contributed by atoms with van der Waals surface area (Å²) in [4.78, 5) is 29.8. The van der Waals surface area contributed by atoms with Crippen molar-refractivity contribution < 1.29 is 23.7 Å². The molecule has 0 aliphatic carbocycles. The van der Waals surface area contributed by atoms with Crippen molar-refractivity contribution in [3.8, 4) is 23.0 Å². The molecule has 0 unspecified atom stereocenters. The minimum absolute atomic E-state index is 0.117. The number of methoxy groups -OCH3 is 1. The summed E-state index contributed by atoms with van der Waals surface area (Å²) in [7, 11) is 1.47. The standard InChI is InChI=1S/C25H19N3O6/c1-15-27-19-6-4-3-5-18(19)24(29)28(15)26-13-16-7-9-21(22(11-16)31-2)34-25(30)17-8-10-20-23(12-17)33-14-32-20/h3-13H,14H2,1-2H3. The average Bonchev–Trinajstić information content (AvgIpc) is 3.32. The number of benzene rings is 3. The monoisotopic (exact) mass is 457 g/mol. The number of nitrogens with zero attached hydrogens (tertiary/aromatic N) is 3. The van der Waals surface area contributed by atoms with Crippen LogP contribution in [-0.2, 0) is 0 Å². The zero-order valence-corrected chi connectivity index (χ0v) is 18.3. The molecule has 5 rings (SSSR count). The largest absolute Gasteiger partial charge is 0.493 e. The first-order valence-electron chi connectivity index (χ1n) is 10.4. The predicted octanol–water partition coefficient (Wildman–Crippen LogP) is 3.54. The lowest BCUT2D eigenvalue weighted by Gasteiger charge is -2.10. The normalized spacial score (nSPS) is 12.3. The molecule has 0 fully saturated rings. The first kappa shape index (κ1) is 21.2. The van der Waals surface area contributed by atoms with E-state index in [1.54, 1.807) is 61.5 Å². The molecule has 0 amide bonds. The maximum Gasteiger partial charge on any atom is 0.343 e. The van der Waals surface area contributed by atoms with Crippen LogP contribution in [0.5, 0.6) is 23.0 Å². The molecule has 0 bridgehead atoms. The molecular formula is C25H19N3O6. The average molecular weight is 457 g/mol. The molecule has 170 valence electrons. The lowest BCUT2D eigenvalue weighted by molar-refractivity contribution is 0.0729. The van der Waals surface area contributed by atoms with Crippen molar-refractivity contribution in [3.05, 3.63) is 88.0 Å². The summed E-state index contributed by atoms with van der Waals surface area (Å²) in [6.45, 7) is 1.83. The maximum atomic E-state index is 12.8. The van der Waals surface area contributed by atoms with Crippen molar-refractivity contribution in [1.82, 2.24) is 9.66 Å². The summed E-state index contributed by atoms with van der Waals surface area (Å²) in [5.74, 6) is 1.53. The fourth-order valence-electron chi connectivity index (χ4n) is 3.53. The minimum atomic E-state index is -0.567. The molecule has 0 atom stereocenters. The van der Waals surface area contributed by atoms with Gasteiger partial charge in [-0.15, -0.1) is 0 Å². The first-order valence-corrected chi connectivity index (χ1v) is 10.4. The van der Waals surface area contributed by atoms with Crippen molar-refractivity contribution in [2.45, 2.75) is 6.92 Å². The van der Waals surface area contributed by atoms with Gasteiger partial charge in [-0.3, -0.25) is 4.79 Å². The second kappa shape index (κ2) is 8.70. The SMILES string of the molecule is COc1cc(C=Nn2c(C)nc3ccccc3c2=O)ccc1OC(=O)c1ccc2c(c1)OCO2. The van der Waals surface area contributed by atoms with E-state index < -0.39 is 5.97 Å². The number of aryl methyl sites for hydroxylation is 1. The zero-order chi connectivity index (χ0) is 23.7. The van der Waals surface area contributed by atoms with Crippen LogP contribution in [0.2, 0.25) is 0 Å². The van der Waals surface area contributed by atoms with Gasteiger partial charge in [-0.1, -0.05) is 12.1 Å². The van der Waals surface area contributed by atoms with Crippen LogP contribution in [0.3, 0.4) is 0 Å². The lowest BCUT2D eigenvalue weighted by atomic mass is 10.2. The first-order chi connectivity index (χ1) is 16.5. The van der Waals surface area contributed by atoms with Crippen LogP contribution >= 0.6 is 0 Å². The van der Waals surface area contributed by atoms with Gasteiger partial charge in [0, 0.05) is 0 Å². The quantitative estimate of drug-likeness (QED) is 0.257. The number of hydrogen-bond acceptors (Lipinski definition) is 8. The second-order valence-electron chi connectivity index (χ2n) is 7.41. The highest BCUT2D eigenvalue weighted by Gasteiger charge is 2.18. The number of hydrogen-bond donors (Lipinski definition) is 0. The van der Waals surface area contributed by atoms with Crippen LogP contribution in [0.4, 0.5) is 0 Å². The topological polar surface area (TPSA) is 101 Å². The van der Waals surface area contributed by atoms with Gasteiger partial charge in [-0.2, -0.15) is 9.78 Å². The van der Waals surface area contributed by atoms with Crippen molar-refractivity contribution in [3.63, 3.8) is 0 Å². The van der Waals surface area contributed by atoms with Gasteiger partial charge in [-0.05, 0) is 61.0 Å². The summed E-state index contributed by atoms with van der Waals surface area (Å²) in [5.41, 5.74) is 1.31. The number of ether oxygens (including phenoxy) is 4. The van der Waals surface area contributed by atoms with Crippen LogP contribution in [0.1, 0.15) is 21.7 Å². The van der Waals surface area contributed by atoms with E-state index in [0.717, 1.165) is 0 Å². The Morgan fingerprint density at radius 3 is 2.74 bits per heavy atom. The fraction of sp³-hybridized carbons (Fsp3) is 0.120. The molecule has 0 saturated carbocycles. The van der Waals surface area contributed by atoms with Gasteiger partial charge in [-0.25, -0.2) is 9.78 Å². The molecule has 1 aliphatic heterocycles. The third kappa shape index (κ3) is 3.95. The molecule has 4 aromatic rings. The summed E-state index contributed by atoms with van der Waals surface area (Å²) in [5, 5.41) is 4.78. The van der Waals surface area contributed by atoms with E-state index in [1.807, 2.05) is 6.07 Å². The van der Waals surface area contributed by atoms with E-state index in [0.29, 0.717) is 45.1 Å². The Hall–Kier alpha value is -4.66. The smallest absolute Gasteiger partial charge is 0.343 e. The van der Waals surface area contributed by atoms with Gasteiger partial charge < -0.3 is 18.9 Å². The number of carbonyl (C=O) groups is 1. The molecule has 0 saturated heterocycles. The second-order valence-corrected chi connectivity index (χ2v) is 7.41. The van der Waals surface area contributed by atoms with E-state index in [9.17, 15) is 9.59 Å². The number of fused-ring (bicyclic) bond motifs is 2. The molecule has 2 heterocycles. The highest BCUT2D eigenvalue weighted by atomic mass is 16.7. The Balaban J connectivity index is 1.39. The number of aromatic nitrogens is 2. The molecular weight excluding hydrogens is 438 g/mol. The Morgan fingerprint density at radius 1 is 1.06 bits per heavy atom. The van der Waals surface area contributed by atoms with Gasteiger partial charge in [0.15, 0.2) is 23.0 Å². The third-order valence-electron chi connectivity index (χ3n) is 5.24. The predicted molar refractivity (Wildman–Crippen MR) is 124 cm³/mol. The van der Waals surface area contributed by atoms with Crippen LogP contribution in [0.15, 0.2) is 70.6 Å². The van der Waals surface area contributed by atoms with E-state index >= 15 is 0 Å². The lowest BCUT2D eigenvalue weighted by Crippen LogP contribution is -2.20. The summed E-state index contributed by atoms with van der Waals surface area (Å²) in [6, 6.07) is 16.9.